The number of ketones is 1. The van der Waals surface area contributed by atoms with Gasteiger partial charge in [-0.05, 0) is 56.2 Å². The number of ether oxygens (including phenoxy) is 1. The smallest absolute Gasteiger partial charge is 0.262 e. The van der Waals surface area contributed by atoms with E-state index in [9.17, 15) is 14.4 Å². The predicted molar refractivity (Wildman–Crippen MR) is 130 cm³/mol. The first-order chi connectivity index (χ1) is 15.8. The molecular weight excluding hydrogens is 438 g/mol. The number of amides is 1. The van der Waals surface area contributed by atoms with Crippen LogP contribution in [-0.2, 0) is 16.0 Å². The highest BCUT2D eigenvalue weighted by Crippen LogP contribution is 2.31. The molecule has 2 aromatic carbocycles. The number of Topliss-reactive ketones (excluding diaryl/α,β-unsaturated/α-hetero) is 1. The van der Waals surface area contributed by atoms with Crippen molar-refractivity contribution in [1.29, 1.82) is 0 Å². The fourth-order valence-electron chi connectivity index (χ4n) is 4.24. The Kier molecular flexibility index (Phi) is 6.67. The zero-order valence-corrected chi connectivity index (χ0v) is 20.0. The van der Waals surface area contributed by atoms with Gasteiger partial charge in [-0.25, -0.2) is 4.98 Å². The third-order valence-electron chi connectivity index (χ3n) is 5.92. The van der Waals surface area contributed by atoms with Crippen LogP contribution in [0.4, 0.5) is 5.69 Å². The molecule has 1 aromatic heterocycles. The summed E-state index contributed by atoms with van der Waals surface area (Å²) in [5, 5.41) is 0.577. The van der Waals surface area contributed by atoms with Crippen LogP contribution in [0.15, 0.2) is 52.4 Å². The quantitative estimate of drug-likeness (QED) is 0.299. The predicted octanol–water partition coefficient (Wildman–Crippen LogP) is 3.88. The topological polar surface area (TPSA) is 81.5 Å². The molecule has 7 nitrogen and oxygen atoms in total. The molecule has 0 aliphatic carbocycles. The SMILES string of the molecule is COCC(C)n1c(SC(C)C(=O)c2ccc3c(c2)CCN3C(C)=O)nc2ccccc2c1=O. The van der Waals surface area contributed by atoms with Crippen molar-refractivity contribution in [1.82, 2.24) is 9.55 Å². The Morgan fingerprint density at radius 2 is 1.94 bits per heavy atom. The van der Waals surface area contributed by atoms with Gasteiger partial charge in [-0.1, -0.05) is 23.9 Å². The Morgan fingerprint density at radius 1 is 1.18 bits per heavy atom. The van der Waals surface area contributed by atoms with Gasteiger partial charge in [-0.2, -0.15) is 0 Å². The van der Waals surface area contributed by atoms with Gasteiger partial charge in [-0.3, -0.25) is 19.0 Å². The zero-order chi connectivity index (χ0) is 23.7. The second-order valence-corrected chi connectivity index (χ2v) is 9.59. The average Bonchev–Trinajstić information content (AvgIpc) is 3.22. The highest BCUT2D eigenvalue weighted by Gasteiger charge is 2.26. The van der Waals surface area contributed by atoms with Gasteiger partial charge < -0.3 is 9.64 Å². The molecule has 1 aliphatic heterocycles. The van der Waals surface area contributed by atoms with E-state index < -0.39 is 5.25 Å². The molecule has 0 N–H and O–H groups in total. The Morgan fingerprint density at radius 3 is 2.67 bits per heavy atom. The maximum Gasteiger partial charge on any atom is 0.262 e. The first kappa shape index (κ1) is 23.2. The second-order valence-electron chi connectivity index (χ2n) is 8.28. The summed E-state index contributed by atoms with van der Waals surface area (Å²) in [7, 11) is 1.59. The van der Waals surface area contributed by atoms with Crippen LogP contribution >= 0.6 is 11.8 Å². The van der Waals surface area contributed by atoms with Crippen LogP contribution in [0.3, 0.4) is 0 Å². The Labute approximate surface area is 196 Å². The molecule has 1 amide bonds. The molecule has 33 heavy (non-hydrogen) atoms. The number of thioether (sulfide) groups is 1. The molecule has 2 unspecified atom stereocenters. The van der Waals surface area contributed by atoms with E-state index in [0.29, 0.717) is 34.8 Å². The van der Waals surface area contributed by atoms with E-state index in [0.717, 1.165) is 17.7 Å². The third kappa shape index (κ3) is 4.45. The highest BCUT2D eigenvalue weighted by atomic mass is 32.2. The summed E-state index contributed by atoms with van der Waals surface area (Å²) >= 11 is 1.28. The lowest BCUT2D eigenvalue weighted by Crippen LogP contribution is -2.29. The normalized spacial score (nSPS) is 14.8. The van der Waals surface area contributed by atoms with E-state index in [-0.39, 0.29) is 23.3 Å². The van der Waals surface area contributed by atoms with Crippen LogP contribution < -0.4 is 10.5 Å². The summed E-state index contributed by atoms with van der Waals surface area (Å²) in [6, 6.07) is 12.5. The standard InChI is InChI=1S/C25H27N3O4S/c1-15(14-32-4)28-24(31)20-7-5-6-8-21(20)26-25(28)33-16(2)23(30)19-9-10-22-18(13-19)11-12-27(22)17(3)29/h5-10,13,15-16H,11-12,14H2,1-4H3. The Balaban J connectivity index is 1.66. The van der Waals surface area contributed by atoms with Crippen molar-refractivity contribution in [2.45, 2.75) is 43.6 Å². The number of hydrogen-bond donors (Lipinski definition) is 0. The minimum absolute atomic E-state index is 0.00211. The first-order valence-corrected chi connectivity index (χ1v) is 11.8. The minimum atomic E-state index is -0.456. The van der Waals surface area contributed by atoms with Crippen LogP contribution in [-0.4, -0.2) is 46.8 Å². The molecule has 0 bridgehead atoms. The van der Waals surface area contributed by atoms with E-state index >= 15 is 0 Å². The van der Waals surface area contributed by atoms with Crippen molar-refractivity contribution in [3.63, 3.8) is 0 Å². The number of carbonyl (C=O) groups excluding carboxylic acids is 2. The lowest BCUT2D eigenvalue weighted by Gasteiger charge is -2.20. The summed E-state index contributed by atoms with van der Waals surface area (Å²) in [4.78, 5) is 44.8. The average molecular weight is 466 g/mol. The lowest BCUT2D eigenvalue weighted by atomic mass is 10.0. The first-order valence-electron chi connectivity index (χ1n) is 10.9. The van der Waals surface area contributed by atoms with Crippen molar-refractivity contribution in [2.75, 3.05) is 25.2 Å². The summed E-state index contributed by atoms with van der Waals surface area (Å²) in [5.74, 6) is -0.0419. The van der Waals surface area contributed by atoms with Gasteiger partial charge in [0.2, 0.25) is 5.91 Å². The number of aromatic nitrogens is 2. The molecule has 0 spiro atoms. The maximum atomic E-state index is 13.3. The van der Waals surface area contributed by atoms with Gasteiger partial charge >= 0.3 is 0 Å². The van der Waals surface area contributed by atoms with E-state index in [4.69, 9.17) is 9.72 Å². The fourth-order valence-corrected chi connectivity index (χ4v) is 5.33. The molecule has 0 saturated heterocycles. The zero-order valence-electron chi connectivity index (χ0n) is 19.2. The van der Waals surface area contributed by atoms with Crippen molar-refractivity contribution in [3.8, 4) is 0 Å². The van der Waals surface area contributed by atoms with Gasteiger partial charge in [0.05, 0.1) is 28.8 Å². The van der Waals surface area contributed by atoms with Crippen LogP contribution in [0.1, 0.15) is 42.7 Å². The number of carbonyl (C=O) groups is 2. The molecule has 2 atom stereocenters. The molecule has 0 fully saturated rings. The summed E-state index contributed by atoms with van der Waals surface area (Å²) in [6.45, 7) is 6.27. The molecule has 0 radical (unpaired) electrons. The molecular formula is C25H27N3O4S. The van der Waals surface area contributed by atoms with E-state index in [1.165, 1.54) is 11.8 Å². The second kappa shape index (κ2) is 9.49. The van der Waals surface area contributed by atoms with Crippen LogP contribution in [0.25, 0.3) is 10.9 Å². The molecule has 2 heterocycles. The van der Waals surface area contributed by atoms with E-state index in [2.05, 4.69) is 0 Å². The molecule has 4 rings (SSSR count). The van der Waals surface area contributed by atoms with E-state index in [1.54, 1.807) is 41.7 Å². The number of hydrogen-bond acceptors (Lipinski definition) is 6. The highest BCUT2D eigenvalue weighted by molar-refractivity contribution is 8.00. The van der Waals surface area contributed by atoms with Gasteiger partial charge in [-0.15, -0.1) is 0 Å². The van der Waals surface area contributed by atoms with E-state index in [1.807, 2.05) is 38.1 Å². The fraction of sp³-hybridized carbons (Fsp3) is 0.360. The maximum absolute atomic E-state index is 13.3. The lowest BCUT2D eigenvalue weighted by molar-refractivity contribution is -0.116. The number of para-hydroxylation sites is 1. The molecule has 172 valence electrons. The number of fused-ring (bicyclic) bond motifs is 2. The minimum Gasteiger partial charge on any atom is -0.383 e. The van der Waals surface area contributed by atoms with Crippen LogP contribution in [0.2, 0.25) is 0 Å². The Hall–Kier alpha value is -2.97. The number of rotatable bonds is 7. The molecule has 1 aliphatic rings. The summed E-state index contributed by atoms with van der Waals surface area (Å²) < 4.78 is 6.90. The van der Waals surface area contributed by atoms with Gasteiger partial charge in [0, 0.05) is 31.8 Å². The monoisotopic (exact) mass is 465 g/mol. The molecule has 3 aromatic rings. The van der Waals surface area contributed by atoms with Gasteiger partial charge in [0.15, 0.2) is 10.9 Å². The number of anilines is 1. The van der Waals surface area contributed by atoms with Crippen LogP contribution in [0, 0.1) is 0 Å². The number of nitrogens with zero attached hydrogens (tertiary/aromatic N) is 3. The van der Waals surface area contributed by atoms with Crippen LogP contribution in [0.5, 0.6) is 0 Å². The summed E-state index contributed by atoms with van der Waals surface area (Å²) in [5.41, 5.74) is 2.93. The third-order valence-corrected chi connectivity index (χ3v) is 6.98. The Bertz CT molecular complexity index is 1290. The van der Waals surface area contributed by atoms with Crippen molar-refractivity contribution >= 4 is 40.0 Å². The molecule has 8 heteroatoms. The van der Waals surface area contributed by atoms with Crippen molar-refractivity contribution in [3.05, 3.63) is 63.9 Å². The molecule has 0 saturated carbocycles. The summed E-state index contributed by atoms with van der Waals surface area (Å²) in [6.07, 6.45) is 0.734. The van der Waals surface area contributed by atoms with Crippen molar-refractivity contribution < 1.29 is 14.3 Å². The van der Waals surface area contributed by atoms with Crippen molar-refractivity contribution in [2.24, 2.45) is 0 Å². The number of benzene rings is 2. The largest absolute Gasteiger partial charge is 0.383 e. The van der Waals surface area contributed by atoms with Gasteiger partial charge in [0.25, 0.3) is 5.56 Å². The number of methoxy groups -OCH3 is 1. The van der Waals surface area contributed by atoms with Gasteiger partial charge in [0.1, 0.15) is 0 Å².